The molecule has 2 heterocycles. The number of hydrogen-bond donors (Lipinski definition) is 1. The lowest BCUT2D eigenvalue weighted by Gasteiger charge is -2.07. The number of nitrogens with zero attached hydrogens (tertiary/aromatic N) is 1. The zero-order valence-corrected chi connectivity index (χ0v) is 9.18. The smallest absolute Gasteiger partial charge is 0.292 e. The van der Waals surface area contributed by atoms with Crippen molar-refractivity contribution in [3.63, 3.8) is 0 Å². The van der Waals surface area contributed by atoms with E-state index in [0.717, 1.165) is 23.5 Å². The predicted octanol–water partition coefficient (Wildman–Crippen LogP) is 2.09. The fourth-order valence-corrected chi connectivity index (χ4v) is 1.74. The van der Waals surface area contributed by atoms with E-state index >= 15 is 0 Å². The molecule has 5 nitrogen and oxygen atoms in total. The number of nitrogen functional groups attached to an aromatic ring is 1. The van der Waals surface area contributed by atoms with Gasteiger partial charge in [-0.3, -0.25) is 0 Å². The van der Waals surface area contributed by atoms with Gasteiger partial charge in [0, 0.05) is 12.0 Å². The third-order valence-electron chi connectivity index (χ3n) is 2.56. The van der Waals surface area contributed by atoms with Crippen molar-refractivity contribution in [2.75, 3.05) is 18.9 Å². The van der Waals surface area contributed by atoms with Crippen LogP contribution in [0.5, 0.6) is 11.5 Å². The highest BCUT2D eigenvalue weighted by molar-refractivity contribution is 5.62. The zero-order valence-electron chi connectivity index (χ0n) is 9.18. The minimum absolute atomic E-state index is 0.159. The second-order valence-corrected chi connectivity index (χ2v) is 3.77. The van der Waals surface area contributed by atoms with Crippen LogP contribution in [0.1, 0.15) is 6.42 Å². The highest BCUT2D eigenvalue weighted by Gasteiger charge is 2.13. The molecule has 0 amide bonds. The molecular formula is C12H12N2O3. The quantitative estimate of drug-likeness (QED) is 0.815. The van der Waals surface area contributed by atoms with E-state index in [1.54, 1.807) is 6.20 Å². The van der Waals surface area contributed by atoms with Crippen molar-refractivity contribution in [2.45, 2.75) is 6.42 Å². The second kappa shape index (κ2) is 4.01. The zero-order chi connectivity index (χ0) is 11.7. The van der Waals surface area contributed by atoms with E-state index in [2.05, 4.69) is 4.98 Å². The molecule has 0 aliphatic carbocycles. The summed E-state index contributed by atoms with van der Waals surface area (Å²) in [5.74, 6) is 2.12. The first-order valence-corrected chi connectivity index (χ1v) is 5.44. The number of hydrogen-bond acceptors (Lipinski definition) is 5. The summed E-state index contributed by atoms with van der Waals surface area (Å²) in [6, 6.07) is 5.80. The van der Waals surface area contributed by atoms with Gasteiger partial charge >= 0.3 is 0 Å². The summed E-state index contributed by atoms with van der Waals surface area (Å²) in [5, 5.41) is 0. The minimum Gasteiger partial charge on any atom is -0.490 e. The van der Waals surface area contributed by atoms with E-state index in [1.165, 1.54) is 0 Å². The molecule has 0 saturated carbocycles. The van der Waals surface area contributed by atoms with Gasteiger partial charge in [0.05, 0.1) is 19.4 Å². The molecule has 2 N–H and O–H groups in total. The molecule has 1 aliphatic heterocycles. The topological polar surface area (TPSA) is 70.5 Å². The van der Waals surface area contributed by atoms with Crippen LogP contribution >= 0.6 is 0 Å². The number of fused-ring (bicyclic) bond motifs is 1. The molecule has 0 fully saturated rings. The standard InChI is InChI=1S/C12H12N2O3/c13-12-14-7-11(17-12)8-2-3-9-10(6-8)16-5-1-4-15-9/h2-3,6-7H,1,4-5H2,(H2,13,14). The summed E-state index contributed by atoms with van der Waals surface area (Å²) in [5.41, 5.74) is 6.32. The lowest BCUT2D eigenvalue weighted by atomic mass is 10.1. The number of nitrogens with two attached hydrogens (primary N) is 1. The van der Waals surface area contributed by atoms with Gasteiger partial charge in [0.25, 0.3) is 6.01 Å². The molecule has 0 radical (unpaired) electrons. The van der Waals surface area contributed by atoms with Gasteiger partial charge < -0.3 is 19.6 Å². The molecule has 1 aromatic carbocycles. The van der Waals surface area contributed by atoms with Crippen LogP contribution < -0.4 is 15.2 Å². The first kappa shape index (κ1) is 10.0. The average Bonchev–Trinajstić information content (AvgIpc) is 2.64. The van der Waals surface area contributed by atoms with E-state index in [9.17, 15) is 0 Å². The van der Waals surface area contributed by atoms with Gasteiger partial charge in [-0.1, -0.05) is 0 Å². The lowest BCUT2D eigenvalue weighted by molar-refractivity contribution is 0.297. The van der Waals surface area contributed by atoms with Crippen LogP contribution in [0.25, 0.3) is 11.3 Å². The molecule has 0 bridgehead atoms. The Morgan fingerprint density at radius 2 is 1.94 bits per heavy atom. The highest BCUT2D eigenvalue weighted by atomic mass is 16.5. The van der Waals surface area contributed by atoms with Crippen LogP contribution in [0.2, 0.25) is 0 Å². The molecule has 1 aromatic heterocycles. The lowest BCUT2D eigenvalue weighted by Crippen LogP contribution is -1.97. The highest BCUT2D eigenvalue weighted by Crippen LogP contribution is 2.34. The predicted molar refractivity (Wildman–Crippen MR) is 62.0 cm³/mol. The van der Waals surface area contributed by atoms with E-state index in [-0.39, 0.29) is 6.01 Å². The van der Waals surface area contributed by atoms with Gasteiger partial charge in [0.2, 0.25) is 0 Å². The van der Waals surface area contributed by atoms with Crippen LogP contribution in [0.3, 0.4) is 0 Å². The van der Waals surface area contributed by atoms with Crippen molar-refractivity contribution in [3.8, 4) is 22.8 Å². The van der Waals surface area contributed by atoms with Gasteiger partial charge in [-0.05, 0) is 18.2 Å². The molecular weight excluding hydrogens is 220 g/mol. The maximum Gasteiger partial charge on any atom is 0.292 e. The summed E-state index contributed by atoms with van der Waals surface area (Å²) < 4.78 is 16.4. The Morgan fingerprint density at radius 3 is 2.71 bits per heavy atom. The summed E-state index contributed by atoms with van der Waals surface area (Å²) in [7, 11) is 0. The Hall–Kier alpha value is -2.17. The summed E-state index contributed by atoms with van der Waals surface area (Å²) in [4.78, 5) is 3.86. The van der Waals surface area contributed by atoms with Crippen molar-refractivity contribution in [3.05, 3.63) is 24.4 Å². The average molecular weight is 232 g/mol. The SMILES string of the molecule is Nc1ncc(-c2ccc3c(c2)OCCCO3)o1. The van der Waals surface area contributed by atoms with Crippen LogP contribution in [0.15, 0.2) is 28.8 Å². The minimum atomic E-state index is 0.159. The van der Waals surface area contributed by atoms with E-state index in [4.69, 9.17) is 19.6 Å². The van der Waals surface area contributed by atoms with Gasteiger partial charge in [-0.2, -0.15) is 0 Å². The molecule has 2 aromatic rings. The molecule has 3 rings (SSSR count). The summed E-state index contributed by atoms with van der Waals surface area (Å²) >= 11 is 0. The molecule has 0 unspecified atom stereocenters. The Morgan fingerprint density at radius 1 is 1.12 bits per heavy atom. The van der Waals surface area contributed by atoms with Crippen LogP contribution in [0, 0.1) is 0 Å². The molecule has 0 spiro atoms. The van der Waals surface area contributed by atoms with Crippen molar-refractivity contribution in [1.82, 2.24) is 4.98 Å². The molecule has 17 heavy (non-hydrogen) atoms. The van der Waals surface area contributed by atoms with Gasteiger partial charge in [-0.25, -0.2) is 4.98 Å². The van der Waals surface area contributed by atoms with Gasteiger partial charge in [0.15, 0.2) is 17.3 Å². The number of benzene rings is 1. The van der Waals surface area contributed by atoms with Gasteiger partial charge in [-0.15, -0.1) is 0 Å². The van der Waals surface area contributed by atoms with Crippen LogP contribution in [0.4, 0.5) is 6.01 Å². The maximum atomic E-state index is 5.60. The number of aromatic nitrogens is 1. The van der Waals surface area contributed by atoms with Crippen molar-refractivity contribution < 1.29 is 13.9 Å². The maximum absolute atomic E-state index is 5.60. The third kappa shape index (κ3) is 1.91. The van der Waals surface area contributed by atoms with Crippen LogP contribution in [-0.2, 0) is 0 Å². The van der Waals surface area contributed by atoms with E-state index < -0.39 is 0 Å². The summed E-state index contributed by atoms with van der Waals surface area (Å²) in [6.07, 6.45) is 2.48. The Bertz CT molecular complexity index is 536. The number of oxazole rings is 1. The third-order valence-corrected chi connectivity index (χ3v) is 2.56. The monoisotopic (exact) mass is 232 g/mol. The fourth-order valence-electron chi connectivity index (χ4n) is 1.74. The Labute approximate surface area is 98.2 Å². The van der Waals surface area contributed by atoms with Gasteiger partial charge in [0.1, 0.15) is 0 Å². The first-order valence-electron chi connectivity index (χ1n) is 5.44. The molecule has 0 saturated heterocycles. The molecule has 0 atom stereocenters. The molecule has 88 valence electrons. The summed E-state index contributed by atoms with van der Waals surface area (Å²) in [6.45, 7) is 1.34. The van der Waals surface area contributed by atoms with Crippen molar-refractivity contribution >= 4 is 6.01 Å². The normalized spacial score (nSPS) is 14.4. The Kier molecular flexibility index (Phi) is 2.36. The van der Waals surface area contributed by atoms with E-state index in [1.807, 2.05) is 18.2 Å². The van der Waals surface area contributed by atoms with Crippen molar-refractivity contribution in [2.24, 2.45) is 0 Å². The Balaban J connectivity index is 2.00. The van der Waals surface area contributed by atoms with E-state index in [0.29, 0.717) is 19.0 Å². The first-order chi connectivity index (χ1) is 8.33. The van der Waals surface area contributed by atoms with Crippen LogP contribution in [-0.4, -0.2) is 18.2 Å². The van der Waals surface area contributed by atoms with Crippen molar-refractivity contribution in [1.29, 1.82) is 0 Å². The largest absolute Gasteiger partial charge is 0.490 e. The fraction of sp³-hybridized carbons (Fsp3) is 0.250. The number of rotatable bonds is 1. The number of ether oxygens (including phenoxy) is 2. The second-order valence-electron chi connectivity index (χ2n) is 3.77. The molecule has 5 heteroatoms. The molecule has 1 aliphatic rings. The number of anilines is 1.